The third kappa shape index (κ3) is 5.36. The van der Waals surface area contributed by atoms with Gasteiger partial charge in [0, 0.05) is 23.8 Å². The maximum Gasteiger partial charge on any atom is 0.232 e. The Balaban J connectivity index is 1.72. The number of quaternary nitrogens is 1. The maximum atomic E-state index is 12.5. The number of hydrogen-bond donors (Lipinski definition) is 3. The summed E-state index contributed by atoms with van der Waals surface area (Å²) in [5, 5.41) is 19.3. The molecule has 7 nitrogen and oxygen atoms in total. The summed E-state index contributed by atoms with van der Waals surface area (Å²) in [5.41, 5.74) is 0.759. The van der Waals surface area contributed by atoms with Gasteiger partial charge in [0.2, 0.25) is 10.9 Å². The summed E-state index contributed by atoms with van der Waals surface area (Å²) in [6.07, 6.45) is 11.1. The lowest BCUT2D eigenvalue weighted by atomic mass is 10.0. The molecule has 1 unspecified atom stereocenters. The minimum Gasteiger partial charge on any atom is -0.595 e. The number of fused-ring (bicyclic) bond motifs is 2. The standard InChI is InChI=1S/C23H30N2O5/c1-2-3-4-5-6-7-8-9-10-11-17-22(27)20(26)15-19-23(17)30-21-13-12-16(25(28)29)14-18(21)24-19/h12-15,24-25,28H,2-11H2,1H3. The first-order chi connectivity index (χ1) is 14.5. The van der Waals surface area contributed by atoms with Crippen molar-refractivity contribution in [1.29, 1.82) is 0 Å². The molecule has 0 saturated carbocycles. The van der Waals surface area contributed by atoms with Crippen molar-refractivity contribution in [2.24, 2.45) is 0 Å². The van der Waals surface area contributed by atoms with Gasteiger partial charge in [-0.2, -0.15) is 5.23 Å². The highest BCUT2D eigenvalue weighted by Crippen LogP contribution is 2.27. The second-order valence-corrected chi connectivity index (χ2v) is 7.88. The number of rotatable bonds is 11. The zero-order valence-corrected chi connectivity index (χ0v) is 17.5. The molecule has 1 aliphatic carbocycles. The summed E-state index contributed by atoms with van der Waals surface area (Å²) in [7, 11) is 0. The van der Waals surface area contributed by atoms with E-state index in [9.17, 15) is 14.8 Å². The van der Waals surface area contributed by atoms with Crippen LogP contribution in [0.25, 0.3) is 22.6 Å². The fraction of sp³-hybridized carbons (Fsp3) is 0.478. The maximum absolute atomic E-state index is 12.5. The molecule has 2 aliphatic rings. The molecule has 1 aromatic carbocycles. The molecule has 0 radical (unpaired) electrons. The molecule has 1 aliphatic heterocycles. The first kappa shape index (κ1) is 22.2. The van der Waals surface area contributed by atoms with Crippen LogP contribution in [0.5, 0.6) is 0 Å². The van der Waals surface area contributed by atoms with E-state index in [0.717, 1.165) is 19.3 Å². The average molecular weight is 415 g/mol. The highest BCUT2D eigenvalue weighted by Gasteiger charge is 2.19. The Labute approximate surface area is 175 Å². The number of benzene rings is 2. The molecular weight excluding hydrogens is 384 g/mol. The van der Waals surface area contributed by atoms with E-state index in [1.54, 1.807) is 6.07 Å². The summed E-state index contributed by atoms with van der Waals surface area (Å²) in [5.74, 6) is 0.384. The number of aromatic amines is 1. The topological polar surface area (TPSA) is 111 Å². The van der Waals surface area contributed by atoms with Crippen LogP contribution in [-0.2, 0) is 6.42 Å². The third-order valence-electron chi connectivity index (χ3n) is 5.53. The largest absolute Gasteiger partial charge is 0.595 e. The second kappa shape index (κ2) is 10.5. The van der Waals surface area contributed by atoms with Crippen LogP contribution < -0.4 is 16.1 Å². The zero-order chi connectivity index (χ0) is 21.5. The van der Waals surface area contributed by atoms with E-state index in [4.69, 9.17) is 9.62 Å². The van der Waals surface area contributed by atoms with E-state index in [1.165, 1.54) is 56.7 Å². The summed E-state index contributed by atoms with van der Waals surface area (Å²) >= 11 is 0. The van der Waals surface area contributed by atoms with E-state index >= 15 is 0 Å². The van der Waals surface area contributed by atoms with Gasteiger partial charge < -0.3 is 14.6 Å². The molecule has 30 heavy (non-hydrogen) atoms. The van der Waals surface area contributed by atoms with Crippen LogP contribution in [0.3, 0.4) is 0 Å². The summed E-state index contributed by atoms with van der Waals surface area (Å²) in [6.45, 7) is 2.21. The SMILES string of the molecule is CCCCCCCCCCCc1c2oc3ccc([NH+]([O-])O)cc3[nH]c-2cc(=O)c1=O. The highest BCUT2D eigenvalue weighted by molar-refractivity contribution is 5.79. The summed E-state index contributed by atoms with van der Waals surface area (Å²) in [6, 6.07) is 5.70. The molecule has 1 heterocycles. The molecule has 0 saturated heterocycles. The molecule has 3 rings (SSSR count). The van der Waals surface area contributed by atoms with Gasteiger partial charge in [0.1, 0.15) is 0 Å². The quantitative estimate of drug-likeness (QED) is 0.190. The molecular formula is C23H30N2O5. The Morgan fingerprint density at radius 3 is 2.33 bits per heavy atom. The number of H-pyrrole nitrogens is 1. The fourth-order valence-electron chi connectivity index (χ4n) is 3.83. The summed E-state index contributed by atoms with van der Waals surface area (Å²) in [4.78, 5) is 27.7. The number of unbranched alkanes of at least 4 members (excludes halogenated alkanes) is 8. The molecule has 0 aromatic heterocycles. The van der Waals surface area contributed by atoms with Gasteiger partial charge in [0.25, 0.3) is 0 Å². The van der Waals surface area contributed by atoms with Crippen molar-refractivity contribution >= 4 is 16.8 Å². The van der Waals surface area contributed by atoms with Gasteiger partial charge >= 0.3 is 0 Å². The monoisotopic (exact) mass is 414 g/mol. The summed E-state index contributed by atoms with van der Waals surface area (Å²) < 4.78 is 5.92. The van der Waals surface area contributed by atoms with Crippen molar-refractivity contribution in [3.05, 3.63) is 55.5 Å². The smallest absolute Gasteiger partial charge is 0.232 e. The van der Waals surface area contributed by atoms with Crippen molar-refractivity contribution in [1.82, 2.24) is 4.98 Å². The lowest BCUT2D eigenvalue weighted by molar-refractivity contribution is -0.991. The highest BCUT2D eigenvalue weighted by atomic mass is 16.8. The van der Waals surface area contributed by atoms with Crippen LogP contribution in [0.2, 0.25) is 0 Å². The third-order valence-corrected chi connectivity index (χ3v) is 5.53. The van der Waals surface area contributed by atoms with E-state index in [2.05, 4.69) is 11.9 Å². The van der Waals surface area contributed by atoms with E-state index in [0.29, 0.717) is 34.5 Å². The fourth-order valence-corrected chi connectivity index (χ4v) is 3.83. The first-order valence-corrected chi connectivity index (χ1v) is 10.9. The Kier molecular flexibility index (Phi) is 7.79. The van der Waals surface area contributed by atoms with Crippen LogP contribution in [0, 0.1) is 5.21 Å². The van der Waals surface area contributed by atoms with Gasteiger partial charge in [-0.05, 0) is 18.9 Å². The Bertz CT molecular complexity index is 1050. The second-order valence-electron chi connectivity index (χ2n) is 7.88. The van der Waals surface area contributed by atoms with Crippen molar-refractivity contribution in [3.63, 3.8) is 0 Å². The lowest BCUT2D eigenvalue weighted by Gasteiger charge is -2.14. The molecule has 0 spiro atoms. The predicted octanol–water partition coefficient (Wildman–Crippen LogP) is 4.06. The van der Waals surface area contributed by atoms with Gasteiger partial charge in [-0.15, -0.1) is 0 Å². The molecule has 3 N–H and O–H groups in total. The van der Waals surface area contributed by atoms with Crippen LogP contribution in [0.4, 0.5) is 5.69 Å². The van der Waals surface area contributed by atoms with Crippen molar-refractivity contribution < 1.29 is 14.9 Å². The normalized spacial score (nSPS) is 12.6. The molecule has 7 heteroatoms. The molecule has 0 bridgehead atoms. The van der Waals surface area contributed by atoms with Crippen LogP contribution in [0.15, 0.2) is 38.3 Å². The van der Waals surface area contributed by atoms with Crippen molar-refractivity contribution in [2.75, 3.05) is 0 Å². The number of aromatic nitrogens is 1. The van der Waals surface area contributed by atoms with Crippen LogP contribution in [0.1, 0.15) is 70.3 Å². The first-order valence-electron chi connectivity index (χ1n) is 10.9. The predicted molar refractivity (Wildman–Crippen MR) is 116 cm³/mol. The molecule has 1 aromatic rings. The average Bonchev–Trinajstić information content (AvgIpc) is 2.73. The van der Waals surface area contributed by atoms with Crippen molar-refractivity contribution in [3.8, 4) is 11.5 Å². The van der Waals surface area contributed by atoms with Gasteiger partial charge in [-0.1, -0.05) is 58.3 Å². The zero-order valence-electron chi connectivity index (χ0n) is 17.5. The Morgan fingerprint density at radius 1 is 1.00 bits per heavy atom. The minimum atomic E-state index is -1.05. The molecule has 0 fully saturated rings. The van der Waals surface area contributed by atoms with Crippen LogP contribution >= 0.6 is 0 Å². The van der Waals surface area contributed by atoms with E-state index in [1.807, 2.05) is 0 Å². The van der Waals surface area contributed by atoms with Gasteiger partial charge in [-0.25, -0.2) is 5.21 Å². The molecule has 0 amide bonds. The van der Waals surface area contributed by atoms with Gasteiger partial charge in [0.05, 0.1) is 11.2 Å². The number of nitrogens with one attached hydrogen (secondary N) is 2. The molecule has 1 atom stereocenters. The minimum absolute atomic E-state index is 0.117. The van der Waals surface area contributed by atoms with Gasteiger partial charge in [-0.3, -0.25) is 9.59 Å². The van der Waals surface area contributed by atoms with Crippen molar-refractivity contribution in [2.45, 2.75) is 71.1 Å². The lowest BCUT2D eigenvalue weighted by Crippen LogP contribution is -2.99. The van der Waals surface area contributed by atoms with Gasteiger partial charge in [0.15, 0.2) is 17.0 Å². The molecule has 162 valence electrons. The Hall–Kier alpha value is -2.48. The Morgan fingerprint density at radius 2 is 1.67 bits per heavy atom. The number of hydrogen-bond acceptors (Lipinski definition) is 5. The van der Waals surface area contributed by atoms with E-state index in [-0.39, 0.29) is 5.69 Å². The van der Waals surface area contributed by atoms with E-state index < -0.39 is 16.1 Å². The van der Waals surface area contributed by atoms with Crippen LogP contribution in [-0.4, -0.2) is 10.2 Å².